The number of halogens is 3. The minimum Gasteiger partial charge on any atom is -0.507 e. The molecular weight excluding hydrogens is 363 g/mol. The Hall–Kier alpha value is -2.62. The number of H-pyrrole nitrogens is 1. The van der Waals surface area contributed by atoms with Crippen LogP contribution in [0.3, 0.4) is 0 Å². The lowest BCUT2D eigenvalue weighted by atomic mass is 10.1. The van der Waals surface area contributed by atoms with Crippen molar-refractivity contribution < 1.29 is 18.3 Å². The van der Waals surface area contributed by atoms with Gasteiger partial charge < -0.3 is 20.3 Å². The third-order valence-electron chi connectivity index (χ3n) is 4.57. The molecule has 1 saturated heterocycles. The SMILES string of the molecule is CCN1CCC[C@@H](Nc2nnc(-c3ccc(C(F)(F)F)cc3O)[nH]c2=O)C1. The van der Waals surface area contributed by atoms with E-state index in [2.05, 4.69) is 32.3 Å². The average molecular weight is 383 g/mol. The fraction of sp³-hybridized carbons (Fsp3) is 0.471. The topological polar surface area (TPSA) is 94.1 Å². The minimum atomic E-state index is -4.57. The number of rotatable bonds is 4. The number of aromatic hydroxyl groups is 1. The Balaban J connectivity index is 1.80. The van der Waals surface area contributed by atoms with Gasteiger partial charge in [0.1, 0.15) is 5.75 Å². The Morgan fingerprint density at radius 3 is 2.78 bits per heavy atom. The largest absolute Gasteiger partial charge is 0.507 e. The Kier molecular flexibility index (Phi) is 5.36. The predicted molar refractivity (Wildman–Crippen MR) is 93.5 cm³/mol. The van der Waals surface area contributed by atoms with E-state index in [1.807, 2.05) is 0 Å². The Bertz CT molecular complexity index is 868. The molecule has 1 aliphatic heterocycles. The van der Waals surface area contributed by atoms with Gasteiger partial charge in [0.2, 0.25) is 5.82 Å². The second-order valence-electron chi connectivity index (χ2n) is 6.46. The van der Waals surface area contributed by atoms with E-state index in [1.54, 1.807) is 0 Å². The number of hydrogen-bond acceptors (Lipinski definition) is 6. The lowest BCUT2D eigenvalue weighted by Gasteiger charge is -2.32. The van der Waals surface area contributed by atoms with Crippen molar-refractivity contribution in [2.45, 2.75) is 32.0 Å². The fourth-order valence-electron chi connectivity index (χ4n) is 3.11. The number of nitrogens with one attached hydrogen (secondary N) is 2. The van der Waals surface area contributed by atoms with Gasteiger partial charge in [0, 0.05) is 12.6 Å². The van der Waals surface area contributed by atoms with E-state index in [4.69, 9.17) is 0 Å². The number of aromatic nitrogens is 3. The third kappa shape index (κ3) is 4.38. The lowest BCUT2D eigenvalue weighted by Crippen LogP contribution is -2.42. The highest BCUT2D eigenvalue weighted by Crippen LogP contribution is 2.35. The van der Waals surface area contributed by atoms with E-state index in [9.17, 15) is 23.1 Å². The fourth-order valence-corrected chi connectivity index (χ4v) is 3.11. The summed E-state index contributed by atoms with van der Waals surface area (Å²) in [5, 5.41) is 20.6. The molecule has 27 heavy (non-hydrogen) atoms. The first kappa shape index (κ1) is 19.2. The third-order valence-corrected chi connectivity index (χ3v) is 4.57. The van der Waals surface area contributed by atoms with Gasteiger partial charge in [0.25, 0.3) is 5.56 Å². The maximum Gasteiger partial charge on any atom is 0.416 e. The van der Waals surface area contributed by atoms with E-state index in [0.717, 1.165) is 44.6 Å². The molecule has 0 spiro atoms. The smallest absolute Gasteiger partial charge is 0.416 e. The molecule has 1 aromatic heterocycles. The molecule has 0 unspecified atom stereocenters. The molecule has 146 valence electrons. The van der Waals surface area contributed by atoms with Crippen LogP contribution < -0.4 is 10.9 Å². The van der Waals surface area contributed by atoms with E-state index in [0.29, 0.717) is 6.07 Å². The van der Waals surface area contributed by atoms with Crippen molar-refractivity contribution >= 4 is 5.82 Å². The summed E-state index contributed by atoms with van der Waals surface area (Å²) < 4.78 is 38.1. The second kappa shape index (κ2) is 7.55. The number of benzene rings is 1. The van der Waals surface area contributed by atoms with Crippen molar-refractivity contribution in [3.05, 3.63) is 34.1 Å². The van der Waals surface area contributed by atoms with Crippen LogP contribution in [-0.2, 0) is 6.18 Å². The van der Waals surface area contributed by atoms with Gasteiger partial charge in [-0.3, -0.25) is 4.79 Å². The zero-order chi connectivity index (χ0) is 19.6. The number of piperidine rings is 1. The number of likely N-dealkylation sites (N-methyl/N-ethyl adjacent to an activating group) is 1. The van der Waals surface area contributed by atoms with Gasteiger partial charge in [-0.2, -0.15) is 13.2 Å². The molecule has 1 atom stereocenters. The molecule has 0 amide bonds. The monoisotopic (exact) mass is 383 g/mol. The Morgan fingerprint density at radius 1 is 1.37 bits per heavy atom. The van der Waals surface area contributed by atoms with Gasteiger partial charge in [-0.1, -0.05) is 6.92 Å². The van der Waals surface area contributed by atoms with Crippen LogP contribution in [0.15, 0.2) is 23.0 Å². The summed E-state index contributed by atoms with van der Waals surface area (Å²) in [5.74, 6) is -0.690. The number of anilines is 1. The summed E-state index contributed by atoms with van der Waals surface area (Å²) in [6.45, 7) is 4.80. The quantitative estimate of drug-likeness (QED) is 0.751. The average Bonchev–Trinajstić information content (AvgIpc) is 2.63. The molecule has 1 aliphatic rings. The molecular formula is C17H20F3N5O2. The molecule has 2 heterocycles. The summed E-state index contributed by atoms with van der Waals surface area (Å²) in [6.07, 6.45) is -2.66. The summed E-state index contributed by atoms with van der Waals surface area (Å²) in [6, 6.07) is 2.51. The molecule has 2 aromatic rings. The number of hydrogen-bond donors (Lipinski definition) is 3. The summed E-state index contributed by atoms with van der Waals surface area (Å²) in [5.41, 5.74) is -1.57. The molecule has 0 radical (unpaired) electrons. The lowest BCUT2D eigenvalue weighted by molar-refractivity contribution is -0.137. The number of aromatic amines is 1. The van der Waals surface area contributed by atoms with Crippen molar-refractivity contribution in [2.75, 3.05) is 25.0 Å². The maximum atomic E-state index is 12.7. The van der Waals surface area contributed by atoms with Gasteiger partial charge in [0.15, 0.2) is 5.82 Å². The van der Waals surface area contributed by atoms with Crippen molar-refractivity contribution in [3.63, 3.8) is 0 Å². The van der Waals surface area contributed by atoms with Gasteiger partial charge in [0.05, 0.1) is 11.1 Å². The van der Waals surface area contributed by atoms with Crippen molar-refractivity contribution in [2.24, 2.45) is 0 Å². The first-order valence-corrected chi connectivity index (χ1v) is 8.64. The zero-order valence-corrected chi connectivity index (χ0v) is 14.7. The van der Waals surface area contributed by atoms with Crippen molar-refractivity contribution in [3.8, 4) is 17.1 Å². The van der Waals surface area contributed by atoms with Crippen LogP contribution >= 0.6 is 0 Å². The van der Waals surface area contributed by atoms with Gasteiger partial charge in [-0.15, -0.1) is 10.2 Å². The Morgan fingerprint density at radius 2 is 2.15 bits per heavy atom. The molecule has 1 fully saturated rings. The van der Waals surface area contributed by atoms with Gasteiger partial charge >= 0.3 is 6.18 Å². The number of phenols is 1. The highest BCUT2D eigenvalue weighted by Gasteiger charge is 2.31. The normalized spacial score (nSPS) is 18.4. The highest BCUT2D eigenvalue weighted by atomic mass is 19.4. The zero-order valence-electron chi connectivity index (χ0n) is 14.7. The van der Waals surface area contributed by atoms with Crippen LogP contribution in [-0.4, -0.2) is 50.9 Å². The van der Waals surface area contributed by atoms with Crippen LogP contribution in [0.2, 0.25) is 0 Å². The van der Waals surface area contributed by atoms with Gasteiger partial charge in [-0.05, 0) is 44.1 Å². The predicted octanol–water partition coefficient (Wildman–Crippen LogP) is 2.45. The van der Waals surface area contributed by atoms with Crippen LogP contribution in [0.5, 0.6) is 5.75 Å². The van der Waals surface area contributed by atoms with Crippen molar-refractivity contribution in [1.82, 2.24) is 20.1 Å². The van der Waals surface area contributed by atoms with Crippen LogP contribution in [0.1, 0.15) is 25.3 Å². The van der Waals surface area contributed by atoms with Gasteiger partial charge in [-0.25, -0.2) is 0 Å². The molecule has 3 rings (SSSR count). The second-order valence-corrected chi connectivity index (χ2v) is 6.46. The molecule has 7 nitrogen and oxygen atoms in total. The molecule has 0 aliphatic carbocycles. The highest BCUT2D eigenvalue weighted by molar-refractivity contribution is 5.64. The minimum absolute atomic E-state index is 0.0334. The van der Waals surface area contributed by atoms with E-state index in [-0.39, 0.29) is 23.2 Å². The summed E-state index contributed by atoms with van der Waals surface area (Å²) >= 11 is 0. The van der Waals surface area contributed by atoms with E-state index >= 15 is 0 Å². The van der Waals surface area contributed by atoms with Crippen LogP contribution in [0, 0.1) is 0 Å². The van der Waals surface area contributed by atoms with E-state index < -0.39 is 23.0 Å². The standard InChI is InChI=1S/C17H20F3N5O2/c1-2-25-7-3-4-11(9-25)21-15-16(27)22-14(23-24-15)12-6-5-10(8-13(12)26)17(18,19)20/h5-6,8,11,26H,2-4,7,9H2,1H3,(H,21,24)(H,22,23,27)/t11-/m1/s1. The number of alkyl halides is 3. The molecule has 3 N–H and O–H groups in total. The number of nitrogens with zero attached hydrogens (tertiary/aromatic N) is 3. The number of phenolic OH excluding ortho intramolecular Hbond substituents is 1. The molecule has 1 aromatic carbocycles. The first-order valence-electron chi connectivity index (χ1n) is 8.64. The summed E-state index contributed by atoms with van der Waals surface area (Å²) in [7, 11) is 0. The van der Waals surface area contributed by atoms with Crippen LogP contribution in [0.4, 0.5) is 19.0 Å². The molecule has 10 heteroatoms. The maximum absolute atomic E-state index is 12.7. The first-order chi connectivity index (χ1) is 12.8. The van der Waals surface area contributed by atoms with Crippen molar-refractivity contribution in [1.29, 1.82) is 0 Å². The summed E-state index contributed by atoms with van der Waals surface area (Å²) in [4.78, 5) is 17.0. The molecule has 0 bridgehead atoms. The Labute approximate surface area is 153 Å². The molecule has 0 saturated carbocycles. The van der Waals surface area contributed by atoms with Crippen LogP contribution in [0.25, 0.3) is 11.4 Å². The van der Waals surface area contributed by atoms with E-state index in [1.165, 1.54) is 0 Å². The number of likely N-dealkylation sites (tertiary alicyclic amines) is 1.